The number of nitrogens with two attached hydrogens (primary N) is 1. The van der Waals surface area contributed by atoms with Crippen molar-refractivity contribution in [1.82, 2.24) is 4.90 Å². The Balaban J connectivity index is 4.75. The van der Waals surface area contributed by atoms with Crippen LogP contribution in [0.2, 0.25) is 0 Å². The Morgan fingerprint density at radius 2 is 2.05 bits per heavy atom. The van der Waals surface area contributed by atoms with Crippen molar-refractivity contribution >= 4 is 17.7 Å². The SMILES string of the molecule is CCC(=O)N(CCCSC#N)C(CC(N)CC)C(C)C. The minimum Gasteiger partial charge on any atom is -0.339 e. The number of hydrogen-bond acceptors (Lipinski definition) is 4. The standard InChI is InChI=1S/C15H29N3OS/c1-5-13(17)10-14(12(3)4)18(15(19)6-2)8-7-9-20-11-16/h12-14H,5-10,17H2,1-4H3. The summed E-state index contributed by atoms with van der Waals surface area (Å²) in [6, 6.07) is 0.340. The molecule has 2 unspecified atom stereocenters. The first-order chi connectivity index (χ1) is 9.47. The molecule has 0 rings (SSSR count). The van der Waals surface area contributed by atoms with E-state index in [4.69, 9.17) is 11.0 Å². The highest BCUT2D eigenvalue weighted by Gasteiger charge is 2.26. The van der Waals surface area contributed by atoms with E-state index in [0.717, 1.165) is 31.6 Å². The van der Waals surface area contributed by atoms with Crippen LogP contribution in [-0.4, -0.2) is 35.2 Å². The molecule has 2 N–H and O–H groups in total. The number of nitrogens with zero attached hydrogens (tertiary/aromatic N) is 2. The fourth-order valence-electron chi connectivity index (χ4n) is 2.27. The third-order valence-corrected chi connectivity index (χ3v) is 4.19. The lowest BCUT2D eigenvalue weighted by molar-refractivity contribution is -0.134. The van der Waals surface area contributed by atoms with Crippen molar-refractivity contribution in [2.45, 2.75) is 65.5 Å². The number of amides is 1. The first-order valence-corrected chi connectivity index (χ1v) is 8.52. The summed E-state index contributed by atoms with van der Waals surface area (Å²) in [5.74, 6) is 1.36. The van der Waals surface area contributed by atoms with E-state index >= 15 is 0 Å². The van der Waals surface area contributed by atoms with Crippen molar-refractivity contribution < 1.29 is 4.79 Å². The average molecular weight is 299 g/mol. The Kier molecular flexibility index (Phi) is 10.6. The second kappa shape index (κ2) is 11.0. The molecule has 0 aliphatic carbocycles. The van der Waals surface area contributed by atoms with Crippen LogP contribution in [0.5, 0.6) is 0 Å². The molecule has 0 aromatic rings. The molecule has 2 atom stereocenters. The number of thiocyanates is 1. The summed E-state index contributed by atoms with van der Waals surface area (Å²) < 4.78 is 0. The fourth-order valence-corrected chi connectivity index (χ4v) is 2.63. The van der Waals surface area contributed by atoms with Crippen LogP contribution >= 0.6 is 11.8 Å². The van der Waals surface area contributed by atoms with Crippen molar-refractivity contribution in [1.29, 1.82) is 5.26 Å². The molecule has 0 spiro atoms. The molecule has 0 saturated carbocycles. The molecule has 0 aliphatic rings. The average Bonchev–Trinajstić information content (AvgIpc) is 2.44. The van der Waals surface area contributed by atoms with Crippen LogP contribution in [0.25, 0.3) is 0 Å². The van der Waals surface area contributed by atoms with Gasteiger partial charge in [-0.25, -0.2) is 0 Å². The van der Waals surface area contributed by atoms with Gasteiger partial charge in [-0.3, -0.25) is 4.79 Å². The topological polar surface area (TPSA) is 70.1 Å². The Morgan fingerprint density at radius 1 is 1.40 bits per heavy atom. The molecule has 0 saturated heterocycles. The normalized spacial score (nSPS) is 13.8. The Hall–Kier alpha value is -0.730. The predicted molar refractivity (Wildman–Crippen MR) is 86.2 cm³/mol. The predicted octanol–water partition coefficient (Wildman–Crippen LogP) is 2.98. The van der Waals surface area contributed by atoms with Crippen molar-refractivity contribution in [3.63, 3.8) is 0 Å². The number of carbonyl (C=O) groups is 1. The molecule has 116 valence electrons. The molecule has 20 heavy (non-hydrogen) atoms. The lowest BCUT2D eigenvalue weighted by atomic mass is 9.94. The van der Waals surface area contributed by atoms with E-state index in [1.165, 1.54) is 11.8 Å². The van der Waals surface area contributed by atoms with E-state index in [1.54, 1.807) is 0 Å². The molecule has 1 amide bonds. The lowest BCUT2D eigenvalue weighted by Gasteiger charge is -2.36. The molecular weight excluding hydrogens is 270 g/mol. The van der Waals surface area contributed by atoms with Crippen LogP contribution in [0.4, 0.5) is 0 Å². The number of hydrogen-bond donors (Lipinski definition) is 1. The van der Waals surface area contributed by atoms with E-state index in [-0.39, 0.29) is 18.0 Å². The van der Waals surface area contributed by atoms with E-state index in [1.807, 2.05) is 11.8 Å². The zero-order chi connectivity index (χ0) is 15.5. The van der Waals surface area contributed by atoms with Gasteiger partial charge in [0.15, 0.2) is 0 Å². The van der Waals surface area contributed by atoms with Crippen LogP contribution < -0.4 is 5.73 Å². The van der Waals surface area contributed by atoms with Crippen molar-refractivity contribution in [3.05, 3.63) is 0 Å². The summed E-state index contributed by atoms with van der Waals surface area (Å²) in [4.78, 5) is 14.2. The summed E-state index contributed by atoms with van der Waals surface area (Å²) in [6.45, 7) is 8.99. The van der Waals surface area contributed by atoms with Crippen molar-refractivity contribution in [2.75, 3.05) is 12.3 Å². The molecule has 5 heteroatoms. The molecular formula is C15H29N3OS. The first kappa shape index (κ1) is 19.3. The molecule has 0 aromatic carbocycles. The van der Waals surface area contributed by atoms with Gasteiger partial charge in [-0.2, -0.15) is 5.26 Å². The number of thioether (sulfide) groups is 1. The van der Waals surface area contributed by atoms with Crippen LogP contribution in [0.1, 0.15) is 53.4 Å². The highest BCUT2D eigenvalue weighted by molar-refractivity contribution is 8.03. The second-order valence-electron chi connectivity index (χ2n) is 5.45. The Morgan fingerprint density at radius 3 is 2.50 bits per heavy atom. The summed E-state index contributed by atoms with van der Waals surface area (Å²) in [5.41, 5.74) is 6.08. The van der Waals surface area contributed by atoms with Gasteiger partial charge in [-0.05, 0) is 36.9 Å². The molecule has 0 aliphatic heterocycles. The summed E-state index contributed by atoms with van der Waals surface area (Å²) in [6.07, 6.45) is 3.16. The molecule has 4 nitrogen and oxygen atoms in total. The molecule has 0 fully saturated rings. The van der Waals surface area contributed by atoms with Crippen molar-refractivity contribution in [2.24, 2.45) is 11.7 Å². The molecule has 0 heterocycles. The molecule has 0 aromatic heterocycles. The van der Waals surface area contributed by atoms with Gasteiger partial charge in [0.2, 0.25) is 5.91 Å². The zero-order valence-corrected chi connectivity index (χ0v) is 14.1. The first-order valence-electron chi connectivity index (χ1n) is 7.53. The van der Waals surface area contributed by atoms with Gasteiger partial charge in [0.05, 0.1) is 0 Å². The zero-order valence-electron chi connectivity index (χ0n) is 13.3. The quantitative estimate of drug-likeness (QED) is 0.497. The number of nitriles is 1. The summed E-state index contributed by atoms with van der Waals surface area (Å²) in [7, 11) is 0. The minimum atomic E-state index is 0.142. The van der Waals surface area contributed by atoms with E-state index in [0.29, 0.717) is 12.3 Å². The smallest absolute Gasteiger partial charge is 0.222 e. The molecule has 0 radical (unpaired) electrons. The molecule has 0 bridgehead atoms. The third-order valence-electron chi connectivity index (χ3n) is 3.57. The van der Waals surface area contributed by atoms with Gasteiger partial charge in [-0.15, -0.1) is 0 Å². The van der Waals surface area contributed by atoms with E-state index in [9.17, 15) is 4.79 Å². The van der Waals surface area contributed by atoms with Crippen LogP contribution in [0.15, 0.2) is 0 Å². The highest BCUT2D eigenvalue weighted by atomic mass is 32.2. The van der Waals surface area contributed by atoms with Gasteiger partial charge >= 0.3 is 0 Å². The largest absolute Gasteiger partial charge is 0.339 e. The maximum atomic E-state index is 12.2. The van der Waals surface area contributed by atoms with Crippen LogP contribution in [0.3, 0.4) is 0 Å². The van der Waals surface area contributed by atoms with Crippen LogP contribution in [-0.2, 0) is 4.79 Å². The van der Waals surface area contributed by atoms with Gasteiger partial charge in [0.25, 0.3) is 0 Å². The summed E-state index contributed by atoms with van der Waals surface area (Å²) >= 11 is 1.25. The van der Waals surface area contributed by atoms with E-state index < -0.39 is 0 Å². The number of carbonyl (C=O) groups excluding carboxylic acids is 1. The highest BCUT2D eigenvalue weighted by Crippen LogP contribution is 2.19. The third kappa shape index (κ3) is 7.16. The summed E-state index contributed by atoms with van der Waals surface area (Å²) in [5, 5.41) is 10.6. The number of rotatable bonds is 10. The Labute approximate surface area is 128 Å². The van der Waals surface area contributed by atoms with Gasteiger partial charge in [0.1, 0.15) is 5.40 Å². The maximum Gasteiger partial charge on any atom is 0.222 e. The van der Waals surface area contributed by atoms with Gasteiger partial charge < -0.3 is 10.6 Å². The van der Waals surface area contributed by atoms with E-state index in [2.05, 4.69) is 26.2 Å². The lowest BCUT2D eigenvalue weighted by Crippen LogP contribution is -2.46. The monoisotopic (exact) mass is 299 g/mol. The Bertz CT molecular complexity index is 315. The maximum absolute atomic E-state index is 12.2. The van der Waals surface area contributed by atoms with Gasteiger partial charge in [-0.1, -0.05) is 27.7 Å². The van der Waals surface area contributed by atoms with Gasteiger partial charge in [0, 0.05) is 30.8 Å². The van der Waals surface area contributed by atoms with Crippen LogP contribution in [0, 0.1) is 16.6 Å². The van der Waals surface area contributed by atoms with Crippen molar-refractivity contribution in [3.8, 4) is 5.40 Å². The fraction of sp³-hybridized carbons (Fsp3) is 0.867. The minimum absolute atomic E-state index is 0.142. The second-order valence-corrected chi connectivity index (χ2v) is 6.33.